The molecule has 4 heteroatoms. The summed E-state index contributed by atoms with van der Waals surface area (Å²) in [7, 11) is 0. The fraction of sp³-hybridized carbons (Fsp3) is 0.417. The van der Waals surface area contributed by atoms with Gasteiger partial charge in [-0.2, -0.15) is 0 Å². The maximum absolute atomic E-state index is 11.3. The number of ether oxygens (including phenoxy) is 1. The number of hydrogen-bond donors (Lipinski definition) is 0. The van der Waals surface area contributed by atoms with Gasteiger partial charge >= 0.3 is 0 Å². The van der Waals surface area contributed by atoms with Crippen LogP contribution in [-0.2, 0) is 16.5 Å². The molecule has 88 valence electrons. The van der Waals surface area contributed by atoms with E-state index in [4.69, 9.17) is 16.3 Å². The average molecular weight is 306 g/mol. The van der Waals surface area contributed by atoms with Crippen molar-refractivity contribution in [3.8, 4) is 5.75 Å². The fourth-order valence-corrected chi connectivity index (χ4v) is 2.05. The standard InChI is InChI=1S/C12H14BrClO2/c1-2-16-12-4-3-9(7-13)10(6-12)5-11(15)8-14/h3-4,6H,2,5,7-8H2,1H3. The number of alkyl halides is 2. The second-order valence-electron chi connectivity index (χ2n) is 3.35. The summed E-state index contributed by atoms with van der Waals surface area (Å²) in [4.78, 5) is 11.3. The van der Waals surface area contributed by atoms with Crippen LogP contribution in [0.4, 0.5) is 0 Å². The molecule has 0 bridgehead atoms. The lowest BCUT2D eigenvalue weighted by Crippen LogP contribution is -2.06. The molecule has 0 saturated carbocycles. The van der Waals surface area contributed by atoms with Gasteiger partial charge in [-0.15, -0.1) is 11.6 Å². The minimum Gasteiger partial charge on any atom is -0.494 e. The number of Topliss-reactive ketones (excluding diaryl/α,β-unsaturated/α-hetero) is 1. The highest BCUT2D eigenvalue weighted by Crippen LogP contribution is 2.21. The number of halogens is 2. The Bertz CT molecular complexity index is 366. The monoisotopic (exact) mass is 304 g/mol. The quantitative estimate of drug-likeness (QED) is 0.754. The molecule has 2 nitrogen and oxygen atoms in total. The van der Waals surface area contributed by atoms with Gasteiger partial charge in [-0.05, 0) is 30.2 Å². The minimum atomic E-state index is 0.0255. The van der Waals surface area contributed by atoms with Crippen molar-refractivity contribution in [2.24, 2.45) is 0 Å². The highest BCUT2D eigenvalue weighted by molar-refractivity contribution is 9.08. The smallest absolute Gasteiger partial charge is 0.151 e. The number of carbonyl (C=O) groups is 1. The van der Waals surface area contributed by atoms with Crippen LogP contribution in [0.3, 0.4) is 0 Å². The van der Waals surface area contributed by atoms with E-state index in [-0.39, 0.29) is 11.7 Å². The van der Waals surface area contributed by atoms with E-state index >= 15 is 0 Å². The van der Waals surface area contributed by atoms with E-state index in [1.54, 1.807) is 0 Å². The van der Waals surface area contributed by atoms with Gasteiger partial charge in [0.15, 0.2) is 5.78 Å². The van der Waals surface area contributed by atoms with Crippen LogP contribution in [0, 0.1) is 0 Å². The predicted octanol–water partition coefficient (Wildman–Crippen LogP) is 3.33. The zero-order valence-electron chi connectivity index (χ0n) is 9.13. The molecule has 0 amide bonds. The van der Waals surface area contributed by atoms with Gasteiger partial charge in [-0.1, -0.05) is 22.0 Å². The highest BCUT2D eigenvalue weighted by Gasteiger charge is 2.08. The summed E-state index contributed by atoms with van der Waals surface area (Å²) in [5.74, 6) is 0.878. The molecule has 1 aromatic carbocycles. The second-order valence-corrected chi connectivity index (χ2v) is 4.17. The molecule has 1 aromatic rings. The van der Waals surface area contributed by atoms with Crippen LogP contribution in [0.5, 0.6) is 5.75 Å². The van der Waals surface area contributed by atoms with Gasteiger partial charge in [0.05, 0.1) is 12.5 Å². The molecule has 0 heterocycles. The number of hydrogen-bond acceptors (Lipinski definition) is 2. The van der Waals surface area contributed by atoms with Gasteiger partial charge in [-0.25, -0.2) is 0 Å². The van der Waals surface area contributed by atoms with Crippen molar-refractivity contribution in [1.29, 1.82) is 0 Å². The van der Waals surface area contributed by atoms with E-state index in [0.717, 1.165) is 22.2 Å². The normalized spacial score (nSPS) is 10.2. The van der Waals surface area contributed by atoms with Gasteiger partial charge in [0.1, 0.15) is 5.75 Å². The Morgan fingerprint density at radius 1 is 1.44 bits per heavy atom. The first-order chi connectivity index (χ1) is 7.71. The molecule has 0 saturated heterocycles. The van der Waals surface area contributed by atoms with Crippen LogP contribution in [0.15, 0.2) is 18.2 Å². The van der Waals surface area contributed by atoms with Gasteiger partial charge in [0.25, 0.3) is 0 Å². The summed E-state index contributed by atoms with van der Waals surface area (Å²) in [5.41, 5.74) is 2.08. The second kappa shape index (κ2) is 6.92. The van der Waals surface area contributed by atoms with Crippen molar-refractivity contribution in [3.05, 3.63) is 29.3 Å². The van der Waals surface area contributed by atoms with Crippen molar-refractivity contribution in [1.82, 2.24) is 0 Å². The first-order valence-corrected chi connectivity index (χ1v) is 6.75. The Balaban J connectivity index is 2.92. The molecule has 0 aliphatic heterocycles. The first kappa shape index (κ1) is 13.5. The first-order valence-electron chi connectivity index (χ1n) is 5.09. The van der Waals surface area contributed by atoms with E-state index in [2.05, 4.69) is 15.9 Å². The lowest BCUT2D eigenvalue weighted by Gasteiger charge is -2.09. The number of ketones is 1. The Morgan fingerprint density at radius 2 is 2.19 bits per heavy atom. The predicted molar refractivity (Wildman–Crippen MR) is 69.7 cm³/mol. The van der Waals surface area contributed by atoms with E-state index in [1.165, 1.54) is 0 Å². The lowest BCUT2D eigenvalue weighted by atomic mass is 10.0. The van der Waals surface area contributed by atoms with Crippen molar-refractivity contribution >= 4 is 33.3 Å². The molecule has 0 aliphatic rings. The molecule has 0 fully saturated rings. The SMILES string of the molecule is CCOc1ccc(CBr)c(CC(=O)CCl)c1. The summed E-state index contributed by atoms with van der Waals surface area (Å²) in [6.45, 7) is 2.55. The number of benzene rings is 1. The topological polar surface area (TPSA) is 26.3 Å². The van der Waals surface area contributed by atoms with Gasteiger partial charge in [0, 0.05) is 11.8 Å². The fourth-order valence-electron chi connectivity index (χ4n) is 1.41. The van der Waals surface area contributed by atoms with Crippen molar-refractivity contribution in [3.63, 3.8) is 0 Å². The third kappa shape index (κ3) is 3.80. The maximum Gasteiger partial charge on any atom is 0.151 e. The van der Waals surface area contributed by atoms with Crippen molar-refractivity contribution in [2.45, 2.75) is 18.7 Å². The Hall–Kier alpha value is -0.540. The van der Waals surface area contributed by atoms with Crippen LogP contribution in [0.1, 0.15) is 18.1 Å². The van der Waals surface area contributed by atoms with E-state index in [0.29, 0.717) is 13.0 Å². The summed E-state index contributed by atoms with van der Waals surface area (Å²) < 4.78 is 5.40. The lowest BCUT2D eigenvalue weighted by molar-refractivity contribution is -0.116. The van der Waals surface area contributed by atoms with Gasteiger partial charge in [-0.3, -0.25) is 4.79 Å². The Labute approximate surface area is 109 Å². The molecule has 0 aliphatic carbocycles. The third-order valence-electron chi connectivity index (χ3n) is 2.17. The maximum atomic E-state index is 11.3. The highest BCUT2D eigenvalue weighted by atomic mass is 79.9. The van der Waals surface area contributed by atoms with Crippen LogP contribution < -0.4 is 4.74 Å². The molecular formula is C12H14BrClO2. The van der Waals surface area contributed by atoms with E-state index in [1.807, 2.05) is 25.1 Å². The minimum absolute atomic E-state index is 0.0255. The summed E-state index contributed by atoms with van der Waals surface area (Å²) in [6.07, 6.45) is 0.366. The molecule has 0 spiro atoms. The molecule has 0 unspecified atom stereocenters. The average Bonchev–Trinajstić information content (AvgIpc) is 2.30. The largest absolute Gasteiger partial charge is 0.494 e. The van der Waals surface area contributed by atoms with Gasteiger partial charge < -0.3 is 4.74 Å². The van der Waals surface area contributed by atoms with Crippen molar-refractivity contribution < 1.29 is 9.53 Å². The van der Waals surface area contributed by atoms with Crippen LogP contribution >= 0.6 is 27.5 Å². The zero-order chi connectivity index (χ0) is 12.0. The molecule has 16 heavy (non-hydrogen) atoms. The van der Waals surface area contributed by atoms with Crippen LogP contribution in [-0.4, -0.2) is 18.3 Å². The van der Waals surface area contributed by atoms with Crippen LogP contribution in [0.25, 0.3) is 0 Å². The van der Waals surface area contributed by atoms with Crippen molar-refractivity contribution in [2.75, 3.05) is 12.5 Å². The molecule has 0 radical (unpaired) electrons. The van der Waals surface area contributed by atoms with E-state index in [9.17, 15) is 4.79 Å². The molecular weight excluding hydrogens is 291 g/mol. The number of carbonyl (C=O) groups excluding carboxylic acids is 1. The zero-order valence-corrected chi connectivity index (χ0v) is 11.5. The van der Waals surface area contributed by atoms with Gasteiger partial charge in [0.2, 0.25) is 0 Å². The summed E-state index contributed by atoms with van der Waals surface area (Å²) in [6, 6.07) is 5.79. The summed E-state index contributed by atoms with van der Waals surface area (Å²) >= 11 is 8.90. The Kier molecular flexibility index (Phi) is 5.85. The van der Waals surface area contributed by atoms with E-state index < -0.39 is 0 Å². The summed E-state index contributed by atoms with van der Waals surface area (Å²) in [5, 5.41) is 0.726. The molecule has 0 N–H and O–H groups in total. The Morgan fingerprint density at radius 3 is 2.75 bits per heavy atom. The molecule has 1 rings (SSSR count). The molecule has 0 aromatic heterocycles. The molecule has 0 atom stereocenters. The van der Waals surface area contributed by atoms with Crippen LogP contribution in [0.2, 0.25) is 0 Å². The third-order valence-corrected chi connectivity index (χ3v) is 3.07. The number of rotatable bonds is 6.